The highest BCUT2D eigenvalue weighted by molar-refractivity contribution is 5.68. The Morgan fingerprint density at radius 2 is 1.88 bits per heavy atom. The highest BCUT2D eigenvalue weighted by Gasteiger charge is 2.27. The first-order valence-corrected chi connectivity index (χ1v) is 9.26. The summed E-state index contributed by atoms with van der Waals surface area (Å²) in [5, 5.41) is 13.3. The lowest BCUT2D eigenvalue weighted by Gasteiger charge is -2.35. The number of aliphatic hydroxyl groups excluding tert-OH is 1. The smallest absolute Gasteiger partial charge is 0.410 e. The summed E-state index contributed by atoms with van der Waals surface area (Å²) in [6.45, 7) is 9.21. The highest BCUT2D eigenvalue weighted by atomic mass is 16.6. The molecule has 2 N–H and O–H groups in total. The summed E-state index contributed by atoms with van der Waals surface area (Å²) in [7, 11) is 0. The van der Waals surface area contributed by atoms with E-state index in [1.54, 1.807) is 4.90 Å². The van der Waals surface area contributed by atoms with Gasteiger partial charge in [0, 0.05) is 19.1 Å². The number of aliphatic hydroxyl groups is 1. The minimum absolute atomic E-state index is 0.0658. The van der Waals surface area contributed by atoms with E-state index in [0.717, 1.165) is 24.8 Å². The fourth-order valence-electron chi connectivity index (χ4n) is 3.08. The van der Waals surface area contributed by atoms with Crippen LogP contribution in [-0.4, -0.2) is 47.4 Å². The van der Waals surface area contributed by atoms with Gasteiger partial charge in [-0.1, -0.05) is 31.2 Å². The molecule has 0 spiro atoms. The zero-order chi connectivity index (χ0) is 18.4. The molecule has 0 saturated carbocycles. The van der Waals surface area contributed by atoms with Gasteiger partial charge in [-0.3, -0.25) is 0 Å². The molecule has 1 saturated heterocycles. The van der Waals surface area contributed by atoms with Crippen LogP contribution in [0.15, 0.2) is 24.3 Å². The first kappa shape index (κ1) is 19.7. The second kappa shape index (κ2) is 8.68. The molecule has 2 rings (SSSR count). The van der Waals surface area contributed by atoms with Crippen LogP contribution >= 0.6 is 0 Å². The number of ether oxygens (including phenoxy) is 1. The van der Waals surface area contributed by atoms with Gasteiger partial charge in [-0.15, -0.1) is 0 Å². The van der Waals surface area contributed by atoms with Crippen molar-refractivity contribution in [1.29, 1.82) is 0 Å². The lowest BCUT2D eigenvalue weighted by atomic mass is 10.00. The van der Waals surface area contributed by atoms with Crippen molar-refractivity contribution in [3.63, 3.8) is 0 Å². The van der Waals surface area contributed by atoms with Gasteiger partial charge in [0.15, 0.2) is 0 Å². The van der Waals surface area contributed by atoms with E-state index in [1.807, 2.05) is 20.8 Å². The first-order chi connectivity index (χ1) is 11.8. The number of piperidine rings is 1. The second-order valence-electron chi connectivity index (χ2n) is 7.74. The Morgan fingerprint density at radius 1 is 1.28 bits per heavy atom. The van der Waals surface area contributed by atoms with Crippen molar-refractivity contribution in [3.05, 3.63) is 35.4 Å². The quantitative estimate of drug-likeness (QED) is 0.857. The fourth-order valence-corrected chi connectivity index (χ4v) is 3.08. The summed E-state index contributed by atoms with van der Waals surface area (Å²) in [6, 6.07) is 8.63. The number of benzene rings is 1. The standard InChI is InChI=1S/C20H32N2O3/c1-5-15-6-8-16(9-7-15)18(14-23)21-17-10-12-22(13-11-17)19(24)25-20(2,3)4/h6-9,17-18,21,23H,5,10-14H2,1-4H3. The van der Waals surface area contributed by atoms with Gasteiger partial charge < -0.3 is 20.1 Å². The molecule has 1 atom stereocenters. The molecule has 1 unspecified atom stereocenters. The Hall–Kier alpha value is -1.59. The van der Waals surface area contributed by atoms with E-state index in [0.29, 0.717) is 19.1 Å². The molecule has 1 fully saturated rings. The van der Waals surface area contributed by atoms with E-state index in [1.165, 1.54) is 5.56 Å². The fraction of sp³-hybridized carbons (Fsp3) is 0.650. The molecule has 0 bridgehead atoms. The summed E-state index contributed by atoms with van der Waals surface area (Å²) in [4.78, 5) is 13.9. The minimum atomic E-state index is -0.460. The van der Waals surface area contributed by atoms with E-state index in [4.69, 9.17) is 4.74 Å². The van der Waals surface area contributed by atoms with Crippen LogP contribution in [0, 0.1) is 0 Å². The van der Waals surface area contributed by atoms with Crippen molar-refractivity contribution in [2.75, 3.05) is 19.7 Å². The lowest BCUT2D eigenvalue weighted by Crippen LogP contribution is -2.47. The lowest BCUT2D eigenvalue weighted by molar-refractivity contribution is 0.0193. The van der Waals surface area contributed by atoms with Crippen LogP contribution in [0.2, 0.25) is 0 Å². The van der Waals surface area contributed by atoms with Gasteiger partial charge in [0.2, 0.25) is 0 Å². The zero-order valence-electron chi connectivity index (χ0n) is 15.9. The van der Waals surface area contributed by atoms with E-state index in [2.05, 4.69) is 36.5 Å². The third-order valence-electron chi connectivity index (χ3n) is 4.56. The van der Waals surface area contributed by atoms with Crippen molar-refractivity contribution in [3.8, 4) is 0 Å². The average Bonchev–Trinajstić information content (AvgIpc) is 2.59. The minimum Gasteiger partial charge on any atom is -0.444 e. The van der Waals surface area contributed by atoms with E-state index in [9.17, 15) is 9.90 Å². The van der Waals surface area contributed by atoms with Crippen LogP contribution < -0.4 is 5.32 Å². The summed E-state index contributed by atoms with van der Waals surface area (Å²) >= 11 is 0. The molecule has 25 heavy (non-hydrogen) atoms. The van der Waals surface area contributed by atoms with Crippen molar-refractivity contribution >= 4 is 6.09 Å². The van der Waals surface area contributed by atoms with Crippen molar-refractivity contribution in [1.82, 2.24) is 10.2 Å². The first-order valence-electron chi connectivity index (χ1n) is 9.26. The molecule has 5 nitrogen and oxygen atoms in total. The number of amides is 1. The molecule has 1 heterocycles. The maximum atomic E-state index is 12.1. The summed E-state index contributed by atoms with van der Waals surface area (Å²) in [6.07, 6.45) is 2.51. The van der Waals surface area contributed by atoms with Gasteiger partial charge in [-0.25, -0.2) is 4.79 Å². The van der Waals surface area contributed by atoms with Gasteiger partial charge >= 0.3 is 6.09 Å². The van der Waals surface area contributed by atoms with Gasteiger partial charge in [0.25, 0.3) is 0 Å². The zero-order valence-corrected chi connectivity index (χ0v) is 15.9. The number of nitrogens with zero attached hydrogens (tertiary/aromatic N) is 1. The highest BCUT2D eigenvalue weighted by Crippen LogP contribution is 2.20. The second-order valence-corrected chi connectivity index (χ2v) is 7.74. The molecule has 1 aromatic carbocycles. The molecule has 1 aliphatic heterocycles. The van der Waals surface area contributed by atoms with Crippen LogP contribution in [0.3, 0.4) is 0 Å². The number of aryl methyl sites for hydroxylation is 1. The van der Waals surface area contributed by atoms with E-state index >= 15 is 0 Å². The Labute approximate surface area is 151 Å². The van der Waals surface area contributed by atoms with E-state index < -0.39 is 5.60 Å². The number of carbonyl (C=O) groups is 1. The Morgan fingerprint density at radius 3 is 2.36 bits per heavy atom. The van der Waals surface area contributed by atoms with E-state index in [-0.39, 0.29) is 18.7 Å². The molecule has 5 heteroatoms. The Balaban J connectivity index is 1.86. The number of carbonyl (C=O) groups excluding carboxylic acids is 1. The molecule has 0 aromatic heterocycles. The molecular formula is C20H32N2O3. The maximum absolute atomic E-state index is 12.1. The van der Waals surface area contributed by atoms with Crippen molar-refractivity contribution in [2.45, 2.75) is 64.6 Å². The van der Waals surface area contributed by atoms with Crippen LogP contribution in [0.5, 0.6) is 0 Å². The molecule has 1 aliphatic rings. The number of hydrogen-bond donors (Lipinski definition) is 2. The monoisotopic (exact) mass is 348 g/mol. The molecule has 140 valence electrons. The SMILES string of the molecule is CCc1ccc(C(CO)NC2CCN(C(=O)OC(C)(C)C)CC2)cc1. The van der Waals surface area contributed by atoms with Crippen molar-refractivity contribution < 1.29 is 14.6 Å². The predicted octanol–water partition coefficient (Wildman–Crippen LogP) is 3.27. The van der Waals surface area contributed by atoms with Crippen LogP contribution in [-0.2, 0) is 11.2 Å². The summed E-state index contributed by atoms with van der Waals surface area (Å²) < 4.78 is 5.43. The number of likely N-dealkylation sites (tertiary alicyclic amines) is 1. The Bertz CT molecular complexity index is 543. The summed E-state index contributed by atoms with van der Waals surface area (Å²) in [5.74, 6) is 0. The molecule has 1 aromatic rings. The number of rotatable bonds is 5. The predicted molar refractivity (Wildman–Crippen MR) is 99.6 cm³/mol. The van der Waals surface area contributed by atoms with Gasteiger partial charge in [-0.2, -0.15) is 0 Å². The van der Waals surface area contributed by atoms with Crippen LogP contribution in [0.1, 0.15) is 57.7 Å². The van der Waals surface area contributed by atoms with Crippen LogP contribution in [0.4, 0.5) is 4.79 Å². The number of hydrogen-bond acceptors (Lipinski definition) is 4. The largest absolute Gasteiger partial charge is 0.444 e. The Kier molecular flexibility index (Phi) is 6.85. The summed E-state index contributed by atoms with van der Waals surface area (Å²) in [5.41, 5.74) is 1.94. The maximum Gasteiger partial charge on any atom is 0.410 e. The third kappa shape index (κ3) is 6.01. The molecule has 0 aliphatic carbocycles. The van der Waals surface area contributed by atoms with Gasteiger partial charge in [0.1, 0.15) is 5.60 Å². The topological polar surface area (TPSA) is 61.8 Å². The van der Waals surface area contributed by atoms with Crippen molar-refractivity contribution in [2.24, 2.45) is 0 Å². The number of nitrogens with one attached hydrogen (secondary N) is 1. The van der Waals surface area contributed by atoms with Gasteiger partial charge in [-0.05, 0) is 51.2 Å². The molecule has 1 amide bonds. The van der Waals surface area contributed by atoms with Crippen LogP contribution in [0.25, 0.3) is 0 Å². The third-order valence-corrected chi connectivity index (χ3v) is 4.56. The molecule has 0 radical (unpaired) electrons. The van der Waals surface area contributed by atoms with Gasteiger partial charge in [0.05, 0.1) is 12.6 Å². The normalized spacial score (nSPS) is 17.4. The average molecular weight is 348 g/mol. The molecular weight excluding hydrogens is 316 g/mol.